The van der Waals surface area contributed by atoms with E-state index in [2.05, 4.69) is 16.0 Å². The minimum absolute atomic E-state index is 0.00909. The fraction of sp³-hybridized carbons (Fsp3) is 0.318. The van der Waals surface area contributed by atoms with Gasteiger partial charge >= 0.3 is 0 Å². The predicted molar refractivity (Wildman–Crippen MR) is 120 cm³/mol. The Morgan fingerprint density at radius 3 is 2.03 bits per heavy atom. The minimum Gasteiger partial charge on any atom is -0.352 e. The van der Waals surface area contributed by atoms with Crippen LogP contribution < -0.4 is 16.0 Å². The first-order valence-electron chi connectivity index (χ1n) is 9.66. The summed E-state index contributed by atoms with van der Waals surface area (Å²) >= 11 is 6.03. The van der Waals surface area contributed by atoms with Crippen LogP contribution in [0.15, 0.2) is 48.5 Å². The maximum Gasteiger partial charge on any atom is 0.253 e. The van der Waals surface area contributed by atoms with E-state index in [1.54, 1.807) is 60.5 Å². The number of benzene rings is 2. The van der Waals surface area contributed by atoms with E-state index >= 15 is 0 Å². The number of likely N-dealkylation sites (N-methyl/N-ethyl adjacent to an activating group) is 1. The molecule has 0 saturated heterocycles. The highest BCUT2D eigenvalue weighted by Crippen LogP contribution is 2.20. The minimum atomic E-state index is -0.327. The van der Waals surface area contributed by atoms with Gasteiger partial charge < -0.3 is 16.0 Å². The van der Waals surface area contributed by atoms with E-state index < -0.39 is 0 Å². The lowest BCUT2D eigenvalue weighted by atomic mass is 10.1. The third-order valence-corrected chi connectivity index (χ3v) is 4.42. The van der Waals surface area contributed by atoms with Crippen LogP contribution >= 0.6 is 11.6 Å². The summed E-state index contributed by atoms with van der Waals surface area (Å²) in [5, 5.41) is 8.75. The first-order valence-corrected chi connectivity index (χ1v) is 10.0. The molecular weight excluding hydrogens is 404 g/mol. The summed E-state index contributed by atoms with van der Waals surface area (Å²) < 4.78 is 0. The lowest BCUT2D eigenvalue weighted by Crippen LogP contribution is -2.36. The highest BCUT2D eigenvalue weighted by atomic mass is 35.5. The maximum atomic E-state index is 12.4. The zero-order chi connectivity index (χ0) is 22.1. The van der Waals surface area contributed by atoms with Gasteiger partial charge in [-0.3, -0.25) is 19.3 Å². The fourth-order valence-electron chi connectivity index (χ4n) is 2.67. The van der Waals surface area contributed by atoms with Crippen LogP contribution in [0.2, 0.25) is 5.02 Å². The molecule has 3 N–H and O–H groups in total. The Labute approximate surface area is 181 Å². The van der Waals surface area contributed by atoms with Crippen LogP contribution in [0.4, 0.5) is 11.4 Å². The van der Waals surface area contributed by atoms with E-state index in [1.807, 2.05) is 13.8 Å². The normalized spacial score (nSPS) is 10.7. The Morgan fingerprint density at radius 2 is 1.43 bits per heavy atom. The number of amides is 3. The van der Waals surface area contributed by atoms with Gasteiger partial charge in [0.25, 0.3) is 5.91 Å². The van der Waals surface area contributed by atoms with Gasteiger partial charge in [-0.25, -0.2) is 0 Å². The van der Waals surface area contributed by atoms with Gasteiger partial charge in [-0.2, -0.15) is 0 Å². The zero-order valence-electron chi connectivity index (χ0n) is 17.4. The van der Waals surface area contributed by atoms with Crippen LogP contribution in [-0.2, 0) is 9.59 Å². The molecular formula is C22H27ClN4O3. The fourth-order valence-corrected chi connectivity index (χ4v) is 2.85. The van der Waals surface area contributed by atoms with Crippen molar-refractivity contribution in [1.82, 2.24) is 10.2 Å². The summed E-state index contributed by atoms with van der Waals surface area (Å²) in [4.78, 5) is 38.6. The first-order chi connectivity index (χ1) is 14.3. The molecule has 0 atom stereocenters. The lowest BCUT2D eigenvalue weighted by molar-refractivity contribution is -0.119. The van der Waals surface area contributed by atoms with Gasteiger partial charge in [-0.15, -0.1) is 0 Å². The van der Waals surface area contributed by atoms with Crippen molar-refractivity contribution in [2.75, 3.05) is 37.3 Å². The number of para-hydroxylation sites is 2. The molecule has 0 radical (unpaired) electrons. The number of halogens is 1. The van der Waals surface area contributed by atoms with Gasteiger partial charge in [0.1, 0.15) is 0 Å². The van der Waals surface area contributed by atoms with Crippen molar-refractivity contribution < 1.29 is 14.4 Å². The van der Waals surface area contributed by atoms with Crippen molar-refractivity contribution in [1.29, 1.82) is 0 Å². The number of nitrogens with one attached hydrogen (secondary N) is 3. The Morgan fingerprint density at radius 1 is 0.900 bits per heavy atom. The highest BCUT2D eigenvalue weighted by Gasteiger charge is 2.16. The van der Waals surface area contributed by atoms with E-state index in [4.69, 9.17) is 11.6 Å². The summed E-state index contributed by atoms with van der Waals surface area (Å²) in [6.45, 7) is 4.55. The van der Waals surface area contributed by atoms with E-state index in [1.165, 1.54) is 0 Å². The van der Waals surface area contributed by atoms with Gasteiger partial charge in [0.05, 0.1) is 35.1 Å². The maximum absolute atomic E-state index is 12.4. The first kappa shape index (κ1) is 23.4. The molecule has 0 spiro atoms. The van der Waals surface area contributed by atoms with Crippen LogP contribution in [-0.4, -0.2) is 49.3 Å². The quantitative estimate of drug-likeness (QED) is 0.569. The molecule has 0 saturated carbocycles. The molecule has 0 aliphatic heterocycles. The molecule has 0 fully saturated rings. The Kier molecular flexibility index (Phi) is 8.83. The van der Waals surface area contributed by atoms with Gasteiger partial charge in [-0.05, 0) is 37.2 Å². The Balaban J connectivity index is 1.90. The SMILES string of the molecule is CC(C)CNC(=O)c1ccccc1NC(=O)CN(C)CC(=O)Nc1ccccc1Cl. The number of rotatable bonds is 9. The van der Waals surface area contributed by atoms with E-state index in [0.29, 0.717) is 34.4 Å². The van der Waals surface area contributed by atoms with Crippen molar-refractivity contribution in [3.8, 4) is 0 Å². The third kappa shape index (κ3) is 7.50. The number of anilines is 2. The molecule has 30 heavy (non-hydrogen) atoms. The number of hydrogen-bond donors (Lipinski definition) is 3. The highest BCUT2D eigenvalue weighted by molar-refractivity contribution is 6.33. The number of nitrogens with zero attached hydrogens (tertiary/aromatic N) is 1. The average molecular weight is 431 g/mol. The largest absolute Gasteiger partial charge is 0.352 e. The summed E-state index contributed by atoms with van der Waals surface area (Å²) in [5.74, 6) is -0.535. The molecule has 8 heteroatoms. The number of hydrogen-bond acceptors (Lipinski definition) is 4. The average Bonchev–Trinajstić information content (AvgIpc) is 2.68. The van der Waals surface area contributed by atoms with Crippen molar-refractivity contribution in [3.05, 3.63) is 59.1 Å². The Hall–Kier alpha value is -2.90. The second-order valence-corrected chi connectivity index (χ2v) is 7.81. The third-order valence-electron chi connectivity index (χ3n) is 4.09. The smallest absolute Gasteiger partial charge is 0.253 e. The predicted octanol–water partition coefficient (Wildman–Crippen LogP) is 3.23. The van der Waals surface area contributed by atoms with Crippen molar-refractivity contribution in [3.63, 3.8) is 0 Å². The van der Waals surface area contributed by atoms with Crippen LogP contribution in [0.25, 0.3) is 0 Å². The second kappa shape index (κ2) is 11.3. The standard InChI is InChI=1S/C22H27ClN4O3/c1-15(2)12-24-22(30)16-8-4-6-10-18(16)25-20(28)13-27(3)14-21(29)26-19-11-7-5-9-17(19)23/h4-11,15H,12-14H2,1-3H3,(H,24,30)(H,25,28)(H,26,29). The second-order valence-electron chi connectivity index (χ2n) is 7.40. The van der Waals surface area contributed by atoms with Crippen molar-refractivity contribution in [2.24, 2.45) is 5.92 Å². The van der Waals surface area contributed by atoms with E-state index in [9.17, 15) is 14.4 Å². The molecule has 2 aromatic carbocycles. The molecule has 0 unspecified atom stereocenters. The van der Waals surface area contributed by atoms with E-state index in [-0.39, 0.29) is 30.8 Å². The molecule has 0 bridgehead atoms. The molecule has 2 rings (SSSR count). The van der Waals surface area contributed by atoms with Crippen LogP contribution in [0.5, 0.6) is 0 Å². The van der Waals surface area contributed by atoms with Crippen LogP contribution in [0, 0.1) is 5.92 Å². The molecule has 0 aromatic heterocycles. The van der Waals surface area contributed by atoms with Crippen LogP contribution in [0.3, 0.4) is 0 Å². The number of carbonyl (C=O) groups excluding carboxylic acids is 3. The topological polar surface area (TPSA) is 90.5 Å². The van der Waals surface area contributed by atoms with Gasteiger partial charge in [0, 0.05) is 6.54 Å². The van der Waals surface area contributed by atoms with E-state index in [0.717, 1.165) is 0 Å². The molecule has 3 amide bonds. The molecule has 2 aromatic rings. The summed E-state index contributed by atoms with van der Waals surface area (Å²) in [7, 11) is 1.66. The van der Waals surface area contributed by atoms with Gasteiger partial charge in [-0.1, -0.05) is 49.7 Å². The molecule has 0 heterocycles. The number of carbonyl (C=O) groups is 3. The summed E-state index contributed by atoms with van der Waals surface area (Å²) in [5.41, 5.74) is 1.34. The van der Waals surface area contributed by atoms with Crippen molar-refractivity contribution >= 4 is 40.7 Å². The molecule has 7 nitrogen and oxygen atoms in total. The Bertz CT molecular complexity index is 901. The van der Waals surface area contributed by atoms with Crippen LogP contribution in [0.1, 0.15) is 24.2 Å². The molecule has 0 aliphatic carbocycles. The van der Waals surface area contributed by atoms with Gasteiger partial charge in [0.15, 0.2) is 0 Å². The monoisotopic (exact) mass is 430 g/mol. The zero-order valence-corrected chi connectivity index (χ0v) is 18.1. The summed E-state index contributed by atoms with van der Waals surface area (Å²) in [6.07, 6.45) is 0. The lowest BCUT2D eigenvalue weighted by Gasteiger charge is -2.17. The molecule has 0 aliphatic rings. The van der Waals surface area contributed by atoms with Gasteiger partial charge in [0.2, 0.25) is 11.8 Å². The summed E-state index contributed by atoms with van der Waals surface area (Å²) in [6, 6.07) is 13.7. The molecule has 160 valence electrons. The van der Waals surface area contributed by atoms with Crippen molar-refractivity contribution in [2.45, 2.75) is 13.8 Å².